The number of para-hydroxylation sites is 5. The van der Waals surface area contributed by atoms with Gasteiger partial charge in [-0.05, 0) is 165 Å². The van der Waals surface area contributed by atoms with Gasteiger partial charge in [-0.3, -0.25) is 0 Å². The fourth-order valence-electron chi connectivity index (χ4n) is 16.4. The van der Waals surface area contributed by atoms with E-state index in [-0.39, 0.29) is 0 Å². The molecule has 0 fully saturated rings. The topological polar surface area (TPSA) is 32.9 Å². The molecule has 0 saturated carbocycles. The summed E-state index contributed by atoms with van der Waals surface area (Å²) in [6.45, 7) is 0. The van der Waals surface area contributed by atoms with Gasteiger partial charge in [-0.15, -0.1) is 11.3 Å². The Hall–Kier alpha value is -12.7. The quantitative estimate of drug-likeness (QED) is 0.163. The lowest BCUT2D eigenvalue weighted by molar-refractivity contribution is 0.669. The van der Waals surface area contributed by atoms with Gasteiger partial charge in [0, 0.05) is 96.8 Å². The Kier molecular flexibility index (Phi) is 11.9. The molecule has 0 unspecified atom stereocenters. The molecule has 6 heterocycles. The maximum absolute atomic E-state index is 6.28. The third-order valence-electron chi connectivity index (χ3n) is 20.6. The molecule has 0 aliphatic carbocycles. The molecule has 6 aromatic heterocycles. The summed E-state index contributed by atoms with van der Waals surface area (Å²) in [5, 5.41) is 20.1. The van der Waals surface area contributed by atoms with Crippen LogP contribution in [-0.2, 0) is 0 Å². The minimum Gasteiger partial charge on any atom is -0.456 e. The summed E-state index contributed by atoms with van der Waals surface area (Å²) in [5.41, 5.74) is 20.9. The van der Waals surface area contributed by atoms with Crippen LogP contribution in [0.15, 0.2) is 344 Å². The summed E-state index contributed by atoms with van der Waals surface area (Å²) in [6.07, 6.45) is 0. The van der Waals surface area contributed by atoms with Gasteiger partial charge in [-0.2, -0.15) is 0 Å². The van der Waals surface area contributed by atoms with E-state index in [2.05, 4.69) is 346 Å². The molecule has 0 radical (unpaired) electrons. The van der Waals surface area contributed by atoms with Crippen LogP contribution in [0.3, 0.4) is 0 Å². The van der Waals surface area contributed by atoms with E-state index in [4.69, 9.17) is 4.42 Å². The maximum Gasteiger partial charge on any atom is 0.136 e. The van der Waals surface area contributed by atoms with Gasteiger partial charge in [0.1, 0.15) is 11.2 Å². The molecule has 22 aromatic rings. The minimum absolute atomic E-state index is 0.906. The van der Waals surface area contributed by atoms with E-state index in [0.29, 0.717) is 0 Å². The number of hydrogen-bond donors (Lipinski definition) is 0. The van der Waals surface area contributed by atoms with E-state index in [1.165, 1.54) is 151 Å². The highest BCUT2D eigenvalue weighted by atomic mass is 32.1. The third kappa shape index (κ3) is 8.13. The molecule has 0 aliphatic heterocycles. The molecule has 0 amide bonds. The molecular formula is C92H56N4OS. The highest BCUT2D eigenvalue weighted by molar-refractivity contribution is 7.26. The number of furan rings is 1. The van der Waals surface area contributed by atoms with Crippen LogP contribution in [0.4, 0.5) is 0 Å². The predicted octanol–water partition coefficient (Wildman–Crippen LogP) is 25.7. The van der Waals surface area contributed by atoms with E-state index < -0.39 is 0 Å². The molecule has 0 spiro atoms. The second-order valence-corrected chi connectivity index (χ2v) is 26.9. The highest BCUT2D eigenvalue weighted by Gasteiger charge is 2.24. The first-order chi connectivity index (χ1) is 48.6. The molecule has 16 aromatic carbocycles. The summed E-state index contributed by atoms with van der Waals surface area (Å²) >= 11 is 1.87. The first-order valence-corrected chi connectivity index (χ1v) is 34.4. The second kappa shape index (κ2) is 21.4. The van der Waals surface area contributed by atoms with Crippen molar-refractivity contribution >= 4 is 162 Å². The van der Waals surface area contributed by atoms with Crippen molar-refractivity contribution in [1.82, 2.24) is 18.3 Å². The molecule has 0 bridgehead atoms. The van der Waals surface area contributed by atoms with Crippen molar-refractivity contribution in [3.8, 4) is 45.0 Å². The van der Waals surface area contributed by atoms with E-state index >= 15 is 0 Å². The first-order valence-electron chi connectivity index (χ1n) is 33.5. The fourth-order valence-corrected chi connectivity index (χ4v) is 17.6. The van der Waals surface area contributed by atoms with Crippen molar-refractivity contribution in [3.63, 3.8) is 0 Å². The van der Waals surface area contributed by atoms with E-state index in [0.717, 1.165) is 44.6 Å². The van der Waals surface area contributed by atoms with Crippen LogP contribution in [0.1, 0.15) is 0 Å². The van der Waals surface area contributed by atoms with Crippen LogP contribution in [-0.4, -0.2) is 18.3 Å². The Bertz CT molecular complexity index is 6630. The first kappa shape index (κ1) is 54.6. The summed E-state index contributed by atoms with van der Waals surface area (Å²) in [4.78, 5) is 0. The molecule has 456 valence electrons. The van der Waals surface area contributed by atoms with Crippen molar-refractivity contribution in [1.29, 1.82) is 0 Å². The molecule has 5 nitrogen and oxygen atoms in total. The van der Waals surface area contributed by atoms with Crippen LogP contribution in [0.25, 0.3) is 196 Å². The zero-order valence-electron chi connectivity index (χ0n) is 52.9. The smallest absolute Gasteiger partial charge is 0.136 e. The largest absolute Gasteiger partial charge is 0.456 e. The summed E-state index contributed by atoms with van der Waals surface area (Å²) < 4.78 is 18.7. The van der Waals surface area contributed by atoms with Gasteiger partial charge in [0.15, 0.2) is 0 Å². The van der Waals surface area contributed by atoms with Gasteiger partial charge >= 0.3 is 0 Å². The number of benzene rings is 16. The van der Waals surface area contributed by atoms with Gasteiger partial charge in [0.25, 0.3) is 0 Å². The van der Waals surface area contributed by atoms with Gasteiger partial charge in [-0.25, -0.2) is 0 Å². The zero-order valence-corrected chi connectivity index (χ0v) is 53.8. The molecule has 0 atom stereocenters. The Balaban J connectivity index is 0.000000129. The van der Waals surface area contributed by atoms with Gasteiger partial charge < -0.3 is 22.7 Å². The van der Waals surface area contributed by atoms with Gasteiger partial charge in [-0.1, -0.05) is 218 Å². The fraction of sp³-hybridized carbons (Fsp3) is 0. The molecule has 0 saturated heterocycles. The molecule has 0 aliphatic rings. The number of nitrogens with zero attached hydrogens (tertiary/aromatic N) is 4. The second-order valence-electron chi connectivity index (χ2n) is 25.8. The Morgan fingerprint density at radius 3 is 1.18 bits per heavy atom. The average molecular weight is 1270 g/mol. The normalized spacial score (nSPS) is 12.1. The number of rotatable bonds is 6. The lowest BCUT2D eigenvalue weighted by Gasteiger charge is -2.12. The Morgan fingerprint density at radius 1 is 0.204 bits per heavy atom. The number of thiophene rings is 1. The van der Waals surface area contributed by atoms with Gasteiger partial charge in [0.05, 0.1) is 44.1 Å². The van der Waals surface area contributed by atoms with Crippen molar-refractivity contribution in [2.75, 3.05) is 0 Å². The predicted molar refractivity (Wildman–Crippen MR) is 416 cm³/mol. The number of aromatic nitrogens is 4. The monoisotopic (exact) mass is 1260 g/mol. The minimum atomic E-state index is 0.906. The molecule has 22 rings (SSSR count). The van der Waals surface area contributed by atoms with Crippen LogP contribution in [0, 0.1) is 0 Å². The number of fused-ring (bicyclic) bond motifs is 22. The lowest BCUT2D eigenvalue weighted by Crippen LogP contribution is -1.96. The summed E-state index contributed by atoms with van der Waals surface area (Å²) in [7, 11) is 0. The van der Waals surface area contributed by atoms with E-state index in [9.17, 15) is 0 Å². The SMILES string of the molecule is c1ccc(-n2c3ccccc3c3cc4c5c6ccccc6ccc5n(-c5cccc(-c6cccc7oc8ccccc8c67)c5)c4cc32)cc1.c1ccc(-n2c3ccccc3c3cc4c5c6ccccc6ccc5n(-c5cccc(-c6cccc7sc8ccccc8c67)c5)c4cc32)cc1. The van der Waals surface area contributed by atoms with Crippen molar-refractivity contribution in [2.24, 2.45) is 0 Å². The van der Waals surface area contributed by atoms with Crippen molar-refractivity contribution in [3.05, 3.63) is 340 Å². The van der Waals surface area contributed by atoms with Crippen LogP contribution in [0.5, 0.6) is 0 Å². The summed E-state index contributed by atoms with van der Waals surface area (Å²) in [5.74, 6) is 0. The molecular weight excluding hydrogens is 1210 g/mol. The standard InChI is InChI=1S/C46H28N2O.C46H28N2S/c2*1-2-14-31(15-3-1)47-39-21-8-6-18-35(39)37-27-38-42(28-41(37)47)48(40-25-24-29-12-4-5-17-33(29)45(38)40)32-16-10-13-30(26-32)34-20-11-23-44-46(34)36-19-7-9-22-43(36)49-44/h2*1-28H. The highest BCUT2D eigenvalue weighted by Crippen LogP contribution is 2.47. The van der Waals surface area contributed by atoms with Crippen LogP contribution >= 0.6 is 11.3 Å². The van der Waals surface area contributed by atoms with E-state index in [1.807, 2.05) is 23.5 Å². The maximum atomic E-state index is 6.28. The Labute approximate surface area is 565 Å². The van der Waals surface area contributed by atoms with Gasteiger partial charge in [0.2, 0.25) is 0 Å². The number of hydrogen-bond acceptors (Lipinski definition) is 2. The molecule has 98 heavy (non-hydrogen) atoms. The summed E-state index contributed by atoms with van der Waals surface area (Å²) in [6, 6.07) is 124. The molecule has 0 N–H and O–H groups in total. The van der Waals surface area contributed by atoms with Crippen LogP contribution in [0.2, 0.25) is 0 Å². The Morgan fingerprint density at radius 2 is 0.612 bits per heavy atom. The van der Waals surface area contributed by atoms with Crippen molar-refractivity contribution < 1.29 is 4.42 Å². The molecule has 6 heteroatoms. The lowest BCUT2D eigenvalue weighted by atomic mass is 9.99. The average Bonchev–Trinajstić information content (AvgIpc) is 1.56. The van der Waals surface area contributed by atoms with Crippen molar-refractivity contribution in [2.45, 2.75) is 0 Å². The third-order valence-corrected chi connectivity index (χ3v) is 21.7. The van der Waals surface area contributed by atoms with Crippen LogP contribution < -0.4 is 0 Å². The van der Waals surface area contributed by atoms with E-state index in [1.54, 1.807) is 0 Å². The zero-order chi connectivity index (χ0) is 64.1.